The Hall–Kier alpha value is -0.0800. The van der Waals surface area contributed by atoms with Gasteiger partial charge in [0, 0.05) is 12.6 Å². The first kappa shape index (κ1) is 11.0. The van der Waals surface area contributed by atoms with Crippen LogP contribution in [0.2, 0.25) is 0 Å². The molecule has 1 heterocycles. The van der Waals surface area contributed by atoms with Crippen LogP contribution in [0, 0.1) is 5.92 Å². The third kappa shape index (κ3) is 3.65. The Morgan fingerprint density at radius 3 is 2.85 bits per heavy atom. The zero-order valence-corrected chi connectivity index (χ0v) is 9.34. The molecule has 1 N–H and O–H groups in total. The van der Waals surface area contributed by atoms with Gasteiger partial charge in [0.25, 0.3) is 0 Å². The van der Waals surface area contributed by atoms with E-state index < -0.39 is 0 Å². The summed E-state index contributed by atoms with van der Waals surface area (Å²) >= 11 is 0. The SMILES string of the molecule is CCN1CCC[C@@H]1CNCC(C)C. The monoisotopic (exact) mass is 184 g/mol. The van der Waals surface area contributed by atoms with E-state index in [1.54, 1.807) is 0 Å². The minimum Gasteiger partial charge on any atom is -0.315 e. The molecule has 1 aliphatic heterocycles. The molecule has 0 unspecified atom stereocenters. The van der Waals surface area contributed by atoms with Crippen LogP contribution >= 0.6 is 0 Å². The molecule has 78 valence electrons. The van der Waals surface area contributed by atoms with Crippen LogP contribution in [-0.2, 0) is 0 Å². The van der Waals surface area contributed by atoms with Crippen molar-refractivity contribution in [2.45, 2.75) is 39.7 Å². The highest BCUT2D eigenvalue weighted by Gasteiger charge is 2.21. The van der Waals surface area contributed by atoms with Gasteiger partial charge < -0.3 is 5.32 Å². The van der Waals surface area contributed by atoms with Gasteiger partial charge in [0.15, 0.2) is 0 Å². The standard InChI is InChI=1S/C11H24N2/c1-4-13-7-5-6-11(13)9-12-8-10(2)3/h10-12H,4-9H2,1-3H3/t11-/m1/s1. The smallest absolute Gasteiger partial charge is 0.0220 e. The summed E-state index contributed by atoms with van der Waals surface area (Å²) in [4.78, 5) is 2.59. The molecule has 0 amide bonds. The molecular formula is C11H24N2. The Morgan fingerprint density at radius 1 is 1.46 bits per heavy atom. The van der Waals surface area contributed by atoms with Gasteiger partial charge in [0.1, 0.15) is 0 Å². The fraction of sp³-hybridized carbons (Fsp3) is 1.00. The molecule has 1 aliphatic rings. The summed E-state index contributed by atoms with van der Waals surface area (Å²) in [5.74, 6) is 0.775. The number of hydrogen-bond acceptors (Lipinski definition) is 2. The molecule has 0 aromatic rings. The van der Waals surface area contributed by atoms with Gasteiger partial charge in [-0.1, -0.05) is 20.8 Å². The Balaban J connectivity index is 2.13. The first-order chi connectivity index (χ1) is 6.24. The van der Waals surface area contributed by atoms with Crippen molar-refractivity contribution in [1.29, 1.82) is 0 Å². The summed E-state index contributed by atoms with van der Waals surface area (Å²) in [5, 5.41) is 3.55. The van der Waals surface area contributed by atoms with Crippen LogP contribution < -0.4 is 5.32 Å². The van der Waals surface area contributed by atoms with E-state index >= 15 is 0 Å². The topological polar surface area (TPSA) is 15.3 Å². The Labute approximate surface area is 82.7 Å². The van der Waals surface area contributed by atoms with Gasteiger partial charge in [0.05, 0.1) is 0 Å². The highest BCUT2D eigenvalue weighted by atomic mass is 15.2. The maximum Gasteiger partial charge on any atom is 0.0220 e. The predicted molar refractivity (Wildman–Crippen MR) is 58.0 cm³/mol. The van der Waals surface area contributed by atoms with Crippen LogP contribution in [0.15, 0.2) is 0 Å². The summed E-state index contributed by atoms with van der Waals surface area (Å²) in [6.45, 7) is 11.7. The van der Waals surface area contributed by atoms with E-state index in [0.717, 1.165) is 18.5 Å². The molecule has 2 nitrogen and oxygen atoms in total. The van der Waals surface area contributed by atoms with Gasteiger partial charge in [-0.3, -0.25) is 4.90 Å². The van der Waals surface area contributed by atoms with Crippen molar-refractivity contribution < 1.29 is 0 Å². The van der Waals surface area contributed by atoms with E-state index in [1.165, 1.54) is 32.5 Å². The van der Waals surface area contributed by atoms with Crippen LogP contribution in [0.5, 0.6) is 0 Å². The Kier molecular flexibility index (Phi) is 4.74. The average molecular weight is 184 g/mol. The lowest BCUT2D eigenvalue weighted by molar-refractivity contribution is 0.258. The lowest BCUT2D eigenvalue weighted by atomic mass is 10.2. The predicted octanol–water partition coefficient (Wildman–Crippen LogP) is 1.72. The van der Waals surface area contributed by atoms with Crippen molar-refractivity contribution in [3.05, 3.63) is 0 Å². The highest BCUT2D eigenvalue weighted by Crippen LogP contribution is 2.15. The van der Waals surface area contributed by atoms with E-state index in [9.17, 15) is 0 Å². The van der Waals surface area contributed by atoms with Crippen molar-refractivity contribution in [1.82, 2.24) is 10.2 Å². The molecule has 1 atom stereocenters. The first-order valence-electron chi connectivity index (χ1n) is 5.68. The molecule has 0 aromatic carbocycles. The molecule has 13 heavy (non-hydrogen) atoms. The summed E-state index contributed by atoms with van der Waals surface area (Å²) in [7, 11) is 0. The first-order valence-corrected chi connectivity index (χ1v) is 5.68. The number of nitrogens with zero attached hydrogens (tertiary/aromatic N) is 1. The molecule has 1 rings (SSSR count). The van der Waals surface area contributed by atoms with Gasteiger partial charge in [0.2, 0.25) is 0 Å². The summed E-state index contributed by atoms with van der Waals surface area (Å²) < 4.78 is 0. The molecule has 0 radical (unpaired) electrons. The summed E-state index contributed by atoms with van der Waals surface area (Å²) in [6.07, 6.45) is 2.78. The number of likely N-dealkylation sites (tertiary alicyclic amines) is 1. The van der Waals surface area contributed by atoms with E-state index in [1.807, 2.05) is 0 Å². The second-order valence-electron chi connectivity index (χ2n) is 4.48. The Bertz CT molecular complexity index is 134. The van der Waals surface area contributed by atoms with Crippen LogP contribution in [-0.4, -0.2) is 37.1 Å². The van der Waals surface area contributed by atoms with Crippen molar-refractivity contribution in [2.24, 2.45) is 5.92 Å². The van der Waals surface area contributed by atoms with Crippen molar-refractivity contribution in [3.63, 3.8) is 0 Å². The zero-order chi connectivity index (χ0) is 9.68. The van der Waals surface area contributed by atoms with Crippen LogP contribution in [0.4, 0.5) is 0 Å². The van der Waals surface area contributed by atoms with Gasteiger partial charge in [-0.25, -0.2) is 0 Å². The van der Waals surface area contributed by atoms with Gasteiger partial charge >= 0.3 is 0 Å². The minimum absolute atomic E-state index is 0.775. The van der Waals surface area contributed by atoms with Crippen molar-refractivity contribution >= 4 is 0 Å². The molecule has 0 saturated carbocycles. The van der Waals surface area contributed by atoms with Gasteiger partial charge in [-0.05, 0) is 38.4 Å². The molecule has 0 aromatic heterocycles. The summed E-state index contributed by atoms with van der Waals surface area (Å²) in [5.41, 5.74) is 0. The van der Waals surface area contributed by atoms with Gasteiger partial charge in [-0.2, -0.15) is 0 Å². The molecule has 0 spiro atoms. The third-order valence-corrected chi connectivity index (χ3v) is 2.84. The van der Waals surface area contributed by atoms with E-state index in [-0.39, 0.29) is 0 Å². The maximum absolute atomic E-state index is 3.55. The van der Waals surface area contributed by atoms with E-state index in [4.69, 9.17) is 0 Å². The molecule has 2 heteroatoms. The van der Waals surface area contributed by atoms with Crippen LogP contribution in [0.25, 0.3) is 0 Å². The zero-order valence-electron chi connectivity index (χ0n) is 9.34. The largest absolute Gasteiger partial charge is 0.315 e. The normalized spacial score (nSPS) is 24.5. The molecule has 0 aliphatic carbocycles. The lowest BCUT2D eigenvalue weighted by Gasteiger charge is -2.23. The number of rotatable bonds is 5. The van der Waals surface area contributed by atoms with Gasteiger partial charge in [-0.15, -0.1) is 0 Å². The van der Waals surface area contributed by atoms with Crippen molar-refractivity contribution in [3.8, 4) is 0 Å². The fourth-order valence-corrected chi connectivity index (χ4v) is 2.08. The van der Waals surface area contributed by atoms with Crippen molar-refractivity contribution in [2.75, 3.05) is 26.2 Å². The maximum atomic E-state index is 3.55. The number of hydrogen-bond donors (Lipinski definition) is 1. The molecule has 1 fully saturated rings. The number of nitrogens with one attached hydrogen (secondary N) is 1. The van der Waals surface area contributed by atoms with Crippen LogP contribution in [0.3, 0.4) is 0 Å². The average Bonchev–Trinajstić information content (AvgIpc) is 2.51. The van der Waals surface area contributed by atoms with E-state index in [2.05, 4.69) is 31.0 Å². The van der Waals surface area contributed by atoms with E-state index in [0.29, 0.717) is 0 Å². The number of likely N-dealkylation sites (N-methyl/N-ethyl adjacent to an activating group) is 1. The minimum atomic E-state index is 0.775. The molecular weight excluding hydrogens is 160 g/mol. The van der Waals surface area contributed by atoms with Crippen LogP contribution in [0.1, 0.15) is 33.6 Å². The lowest BCUT2D eigenvalue weighted by Crippen LogP contribution is -2.38. The quantitative estimate of drug-likeness (QED) is 0.700. The molecule has 0 bridgehead atoms. The third-order valence-electron chi connectivity index (χ3n) is 2.84. The summed E-state index contributed by atoms with van der Waals surface area (Å²) in [6, 6.07) is 0.809. The second-order valence-corrected chi connectivity index (χ2v) is 4.48. The second kappa shape index (κ2) is 5.61. The molecule has 1 saturated heterocycles. The Morgan fingerprint density at radius 2 is 2.23 bits per heavy atom. The highest BCUT2D eigenvalue weighted by molar-refractivity contribution is 4.79. The fourth-order valence-electron chi connectivity index (χ4n) is 2.08.